The molecule has 0 amide bonds. The third-order valence-corrected chi connectivity index (χ3v) is 4.79. The maximum atomic E-state index is 12.0. The molecule has 0 spiro atoms. The molecular weight excluding hydrogens is 348 g/mol. The van der Waals surface area contributed by atoms with E-state index in [-0.39, 0.29) is 18.6 Å². The summed E-state index contributed by atoms with van der Waals surface area (Å²) in [7, 11) is 0. The second-order valence-corrected chi connectivity index (χ2v) is 7.00. The fourth-order valence-electron chi connectivity index (χ4n) is 3.17. The predicted molar refractivity (Wildman–Crippen MR) is 102 cm³/mol. The Morgan fingerprint density at radius 2 is 1.93 bits per heavy atom. The second-order valence-electron chi connectivity index (χ2n) is 7.00. The van der Waals surface area contributed by atoms with E-state index in [1.54, 1.807) is 0 Å². The normalized spacial score (nSPS) is 21.8. The highest BCUT2D eigenvalue weighted by Crippen LogP contribution is 2.27. The van der Waals surface area contributed by atoms with Gasteiger partial charge in [-0.05, 0) is 6.42 Å². The van der Waals surface area contributed by atoms with Crippen molar-refractivity contribution in [3.63, 3.8) is 0 Å². The fourth-order valence-corrected chi connectivity index (χ4v) is 3.17. The van der Waals surface area contributed by atoms with E-state index in [0.29, 0.717) is 6.42 Å². The minimum Gasteiger partial charge on any atom is -0.394 e. The van der Waals surface area contributed by atoms with Crippen molar-refractivity contribution in [2.75, 3.05) is 6.61 Å². The van der Waals surface area contributed by atoms with Crippen LogP contribution in [0.5, 0.6) is 0 Å². The Labute approximate surface area is 159 Å². The summed E-state index contributed by atoms with van der Waals surface area (Å²) < 4.78 is 6.70. The molecule has 2 heterocycles. The minimum absolute atomic E-state index is 0.169. The summed E-state index contributed by atoms with van der Waals surface area (Å²) in [5.74, 6) is 5.83. The van der Waals surface area contributed by atoms with Crippen LogP contribution >= 0.6 is 0 Å². The van der Waals surface area contributed by atoms with Crippen LogP contribution in [-0.4, -0.2) is 38.6 Å². The first kappa shape index (κ1) is 21.4. The smallest absolute Gasteiger partial charge is 0.330 e. The van der Waals surface area contributed by atoms with E-state index >= 15 is 0 Å². The number of hydrogen-bond donors (Lipinski definition) is 3. The predicted octanol–water partition coefficient (Wildman–Crippen LogP) is 1.67. The van der Waals surface area contributed by atoms with Crippen LogP contribution < -0.4 is 11.2 Å². The number of unbranched alkanes of at least 4 members (excludes halogenated alkanes) is 7. The zero-order valence-corrected chi connectivity index (χ0v) is 15.9. The molecule has 3 atom stereocenters. The number of hydrogen-bond acceptors (Lipinski definition) is 5. The maximum Gasteiger partial charge on any atom is 0.330 e. The van der Waals surface area contributed by atoms with Gasteiger partial charge in [0.25, 0.3) is 5.56 Å². The lowest BCUT2D eigenvalue weighted by Crippen LogP contribution is -2.33. The van der Waals surface area contributed by atoms with Crippen LogP contribution in [0.4, 0.5) is 0 Å². The van der Waals surface area contributed by atoms with E-state index in [2.05, 4.69) is 23.7 Å². The van der Waals surface area contributed by atoms with Crippen molar-refractivity contribution in [3.05, 3.63) is 32.6 Å². The molecule has 0 aliphatic carbocycles. The van der Waals surface area contributed by atoms with Gasteiger partial charge >= 0.3 is 5.69 Å². The van der Waals surface area contributed by atoms with Gasteiger partial charge in [0.15, 0.2) is 0 Å². The van der Waals surface area contributed by atoms with Crippen LogP contribution in [0, 0.1) is 11.8 Å². The van der Waals surface area contributed by atoms with Gasteiger partial charge in [0, 0.05) is 19.0 Å². The Hall–Kier alpha value is -1.88. The topological polar surface area (TPSA) is 105 Å². The van der Waals surface area contributed by atoms with Crippen molar-refractivity contribution < 1.29 is 14.9 Å². The molecule has 2 rings (SSSR count). The van der Waals surface area contributed by atoms with Crippen LogP contribution in [0.15, 0.2) is 15.8 Å². The first-order chi connectivity index (χ1) is 13.1. The molecule has 1 aliphatic heterocycles. The van der Waals surface area contributed by atoms with Crippen LogP contribution in [0.25, 0.3) is 0 Å². The molecular formula is C20H30N2O5. The Bertz CT molecular complexity index is 758. The maximum absolute atomic E-state index is 12.0. The van der Waals surface area contributed by atoms with Crippen molar-refractivity contribution >= 4 is 0 Å². The molecule has 1 aliphatic rings. The minimum atomic E-state index is -0.856. The third kappa shape index (κ3) is 6.35. The molecule has 1 aromatic rings. The van der Waals surface area contributed by atoms with Crippen molar-refractivity contribution in [2.45, 2.75) is 83.1 Å². The quantitative estimate of drug-likeness (QED) is 0.448. The summed E-state index contributed by atoms with van der Waals surface area (Å²) in [5, 5.41) is 19.0. The van der Waals surface area contributed by atoms with E-state index in [0.717, 1.165) is 12.8 Å². The molecule has 150 valence electrons. The van der Waals surface area contributed by atoms with Crippen LogP contribution in [0.3, 0.4) is 0 Å². The second kappa shape index (κ2) is 11.1. The molecule has 0 radical (unpaired) electrons. The van der Waals surface area contributed by atoms with Crippen LogP contribution in [0.1, 0.15) is 76.5 Å². The fraction of sp³-hybridized carbons (Fsp3) is 0.700. The molecule has 1 aromatic heterocycles. The summed E-state index contributed by atoms with van der Waals surface area (Å²) in [5.41, 5.74) is -0.947. The Kier molecular flexibility index (Phi) is 8.79. The van der Waals surface area contributed by atoms with Crippen molar-refractivity contribution in [1.82, 2.24) is 9.55 Å². The third-order valence-electron chi connectivity index (χ3n) is 4.79. The van der Waals surface area contributed by atoms with Crippen molar-refractivity contribution in [1.29, 1.82) is 0 Å². The molecule has 0 bridgehead atoms. The van der Waals surface area contributed by atoms with Gasteiger partial charge in [0.2, 0.25) is 0 Å². The molecule has 3 N–H and O–H groups in total. The molecule has 0 saturated carbocycles. The Morgan fingerprint density at radius 1 is 1.22 bits per heavy atom. The highest BCUT2D eigenvalue weighted by molar-refractivity contribution is 5.29. The van der Waals surface area contributed by atoms with Gasteiger partial charge in [-0.3, -0.25) is 14.3 Å². The van der Waals surface area contributed by atoms with Gasteiger partial charge in [0.1, 0.15) is 17.9 Å². The SMILES string of the molecule is CCCCCCCCCC#Cc1cn([C@H]2C[C@H](O)[C@@H](CO)O2)c(=O)[nH]c1=O. The molecule has 7 nitrogen and oxygen atoms in total. The number of rotatable bonds is 9. The average molecular weight is 378 g/mol. The number of aromatic amines is 1. The number of H-pyrrole nitrogens is 1. The summed E-state index contributed by atoms with van der Waals surface area (Å²) in [6.45, 7) is 1.87. The molecule has 27 heavy (non-hydrogen) atoms. The highest BCUT2D eigenvalue weighted by atomic mass is 16.5. The number of aliphatic hydroxyl groups excluding tert-OH is 2. The van der Waals surface area contributed by atoms with Gasteiger partial charge < -0.3 is 14.9 Å². The summed E-state index contributed by atoms with van der Waals surface area (Å²) in [4.78, 5) is 26.2. The lowest BCUT2D eigenvalue weighted by Gasteiger charge is -2.14. The molecule has 1 fully saturated rings. The first-order valence-corrected chi connectivity index (χ1v) is 9.85. The Balaban J connectivity index is 1.93. The van der Waals surface area contributed by atoms with Crippen molar-refractivity contribution in [3.8, 4) is 11.8 Å². The van der Waals surface area contributed by atoms with Crippen molar-refractivity contribution in [2.24, 2.45) is 0 Å². The number of nitrogens with zero attached hydrogens (tertiary/aromatic N) is 1. The monoisotopic (exact) mass is 378 g/mol. The molecule has 0 aromatic carbocycles. The first-order valence-electron chi connectivity index (χ1n) is 9.85. The van der Waals surface area contributed by atoms with E-state index in [9.17, 15) is 14.7 Å². The number of nitrogens with one attached hydrogen (secondary N) is 1. The largest absolute Gasteiger partial charge is 0.394 e. The number of aromatic nitrogens is 2. The number of aliphatic hydroxyl groups is 2. The van der Waals surface area contributed by atoms with Gasteiger partial charge in [-0.1, -0.05) is 57.3 Å². The molecule has 1 saturated heterocycles. The van der Waals surface area contributed by atoms with Crippen LogP contribution in [-0.2, 0) is 4.74 Å². The average Bonchev–Trinajstić information content (AvgIpc) is 3.02. The Morgan fingerprint density at radius 3 is 2.59 bits per heavy atom. The van der Waals surface area contributed by atoms with E-state index in [1.165, 1.54) is 42.9 Å². The molecule has 0 unspecified atom stereocenters. The summed E-state index contributed by atoms with van der Waals surface area (Å²) >= 11 is 0. The summed E-state index contributed by atoms with van der Waals surface area (Å²) in [6.07, 6.45) is 8.33. The van der Waals surface area contributed by atoms with E-state index < -0.39 is 29.7 Å². The van der Waals surface area contributed by atoms with Crippen LogP contribution in [0.2, 0.25) is 0 Å². The van der Waals surface area contributed by atoms with E-state index in [1.807, 2.05) is 0 Å². The zero-order valence-electron chi connectivity index (χ0n) is 15.9. The lowest BCUT2D eigenvalue weighted by molar-refractivity contribution is -0.0459. The van der Waals surface area contributed by atoms with Gasteiger partial charge in [0.05, 0.1) is 12.7 Å². The lowest BCUT2D eigenvalue weighted by atomic mass is 10.1. The number of ether oxygens (including phenoxy) is 1. The van der Waals surface area contributed by atoms with E-state index in [4.69, 9.17) is 9.84 Å². The van der Waals surface area contributed by atoms with Gasteiger partial charge in [-0.25, -0.2) is 4.79 Å². The summed E-state index contributed by atoms with van der Waals surface area (Å²) in [6, 6.07) is 0. The van der Waals surface area contributed by atoms with Gasteiger partial charge in [-0.15, -0.1) is 0 Å². The highest BCUT2D eigenvalue weighted by Gasteiger charge is 2.35. The zero-order chi connectivity index (χ0) is 19.6. The van der Waals surface area contributed by atoms with Gasteiger partial charge in [-0.2, -0.15) is 0 Å². The standard InChI is InChI=1S/C20H30N2O5/c1-2-3-4-5-6-7-8-9-10-11-15-13-22(20(26)21-19(15)25)18-12-16(24)17(14-23)27-18/h13,16-18,23-24H,2-9,12,14H2,1H3,(H,21,25,26)/t16-,17+,18+/m0/s1. The molecule has 7 heteroatoms.